The largest absolute Gasteiger partial charge is 0.301 e. The Labute approximate surface area is 124 Å². The summed E-state index contributed by atoms with van der Waals surface area (Å²) in [6.07, 6.45) is 3.98. The van der Waals surface area contributed by atoms with Crippen LogP contribution in [0.5, 0.6) is 0 Å². The molecule has 0 unspecified atom stereocenters. The summed E-state index contributed by atoms with van der Waals surface area (Å²) in [6, 6.07) is 9.89. The van der Waals surface area contributed by atoms with E-state index in [2.05, 4.69) is 32.0 Å². The summed E-state index contributed by atoms with van der Waals surface area (Å²) >= 11 is 3.52. The number of aryl methyl sites for hydroxylation is 1. The van der Waals surface area contributed by atoms with Gasteiger partial charge in [0.05, 0.1) is 23.9 Å². The molecule has 0 saturated carbocycles. The van der Waals surface area contributed by atoms with Crippen LogP contribution in [0.1, 0.15) is 11.3 Å². The first-order chi connectivity index (χ1) is 9.70. The van der Waals surface area contributed by atoms with Crippen molar-refractivity contribution in [3.05, 3.63) is 52.4 Å². The van der Waals surface area contributed by atoms with Crippen molar-refractivity contribution >= 4 is 21.6 Å². The first-order valence-electron chi connectivity index (χ1n) is 6.16. The van der Waals surface area contributed by atoms with E-state index in [9.17, 15) is 0 Å². The molecule has 0 atom stereocenters. The third-order valence-electron chi connectivity index (χ3n) is 3.16. The standard InChI is InChI=1S/C15H11BrN4/c1-10-8-14-19-15(12-4-2-3-7-18-12)13(5-6-17)20(14)9-11(10)16/h2-4,7-9H,5H2,1H3. The van der Waals surface area contributed by atoms with Gasteiger partial charge in [-0.3, -0.25) is 4.98 Å². The van der Waals surface area contributed by atoms with E-state index < -0.39 is 0 Å². The highest BCUT2D eigenvalue weighted by Crippen LogP contribution is 2.26. The molecule has 5 heteroatoms. The Balaban J connectivity index is 2.32. The molecule has 4 nitrogen and oxygen atoms in total. The van der Waals surface area contributed by atoms with Gasteiger partial charge in [0.2, 0.25) is 0 Å². The third-order valence-corrected chi connectivity index (χ3v) is 3.99. The zero-order valence-electron chi connectivity index (χ0n) is 10.8. The molecule has 0 radical (unpaired) electrons. The highest BCUT2D eigenvalue weighted by Gasteiger charge is 2.15. The predicted molar refractivity (Wildman–Crippen MR) is 80.2 cm³/mol. The minimum absolute atomic E-state index is 0.294. The van der Waals surface area contributed by atoms with Gasteiger partial charge < -0.3 is 4.40 Å². The fourth-order valence-corrected chi connectivity index (χ4v) is 2.48. The maximum atomic E-state index is 9.07. The number of nitriles is 1. The molecule has 0 aromatic carbocycles. The van der Waals surface area contributed by atoms with Gasteiger partial charge >= 0.3 is 0 Å². The molecule has 0 fully saturated rings. The average Bonchev–Trinajstić information content (AvgIpc) is 2.79. The number of hydrogen-bond acceptors (Lipinski definition) is 3. The smallest absolute Gasteiger partial charge is 0.138 e. The number of hydrogen-bond donors (Lipinski definition) is 0. The van der Waals surface area contributed by atoms with Gasteiger partial charge in [0.1, 0.15) is 11.3 Å². The number of pyridine rings is 2. The molecule has 3 heterocycles. The van der Waals surface area contributed by atoms with E-state index in [4.69, 9.17) is 5.26 Å². The normalized spacial score (nSPS) is 10.7. The van der Waals surface area contributed by atoms with Gasteiger partial charge in [0.25, 0.3) is 0 Å². The maximum Gasteiger partial charge on any atom is 0.138 e. The van der Waals surface area contributed by atoms with Crippen molar-refractivity contribution in [3.8, 4) is 17.5 Å². The fourth-order valence-electron chi connectivity index (χ4n) is 2.16. The van der Waals surface area contributed by atoms with Crippen LogP contribution in [0.15, 0.2) is 41.1 Å². The second-order valence-electron chi connectivity index (χ2n) is 4.49. The minimum Gasteiger partial charge on any atom is -0.301 e. The summed E-state index contributed by atoms with van der Waals surface area (Å²) in [6.45, 7) is 2.02. The van der Waals surface area contributed by atoms with Crippen LogP contribution in [0.4, 0.5) is 0 Å². The van der Waals surface area contributed by atoms with Crippen LogP contribution in [-0.2, 0) is 6.42 Å². The van der Waals surface area contributed by atoms with Gasteiger partial charge in [-0.25, -0.2) is 4.98 Å². The fraction of sp³-hybridized carbons (Fsp3) is 0.133. The van der Waals surface area contributed by atoms with Gasteiger partial charge in [0, 0.05) is 16.9 Å². The number of aromatic nitrogens is 3. The highest BCUT2D eigenvalue weighted by molar-refractivity contribution is 9.10. The second-order valence-corrected chi connectivity index (χ2v) is 5.34. The summed E-state index contributed by atoms with van der Waals surface area (Å²) in [7, 11) is 0. The van der Waals surface area contributed by atoms with Crippen molar-refractivity contribution in [2.75, 3.05) is 0 Å². The van der Waals surface area contributed by atoms with E-state index in [0.717, 1.165) is 32.8 Å². The van der Waals surface area contributed by atoms with Gasteiger partial charge in [-0.15, -0.1) is 0 Å². The van der Waals surface area contributed by atoms with Gasteiger partial charge in [0.15, 0.2) is 0 Å². The monoisotopic (exact) mass is 326 g/mol. The quantitative estimate of drug-likeness (QED) is 0.723. The van der Waals surface area contributed by atoms with Crippen molar-refractivity contribution in [1.82, 2.24) is 14.4 Å². The van der Waals surface area contributed by atoms with Gasteiger partial charge in [-0.05, 0) is 46.6 Å². The lowest BCUT2D eigenvalue weighted by atomic mass is 10.2. The van der Waals surface area contributed by atoms with Crippen LogP contribution < -0.4 is 0 Å². The molecule has 3 aromatic heterocycles. The molecule has 3 aromatic rings. The minimum atomic E-state index is 0.294. The summed E-state index contributed by atoms with van der Waals surface area (Å²) in [5.74, 6) is 0. The van der Waals surface area contributed by atoms with Crippen molar-refractivity contribution in [2.24, 2.45) is 0 Å². The molecule has 98 valence electrons. The average molecular weight is 327 g/mol. The lowest BCUT2D eigenvalue weighted by Gasteiger charge is -2.02. The van der Waals surface area contributed by atoms with E-state index in [1.807, 2.05) is 41.8 Å². The summed E-state index contributed by atoms with van der Waals surface area (Å²) in [5, 5.41) is 9.07. The molecular weight excluding hydrogens is 316 g/mol. The lowest BCUT2D eigenvalue weighted by molar-refractivity contribution is 1.04. The van der Waals surface area contributed by atoms with Crippen LogP contribution in [0.25, 0.3) is 17.0 Å². The number of rotatable bonds is 2. The highest BCUT2D eigenvalue weighted by atomic mass is 79.9. The Morgan fingerprint density at radius 3 is 2.95 bits per heavy atom. The lowest BCUT2D eigenvalue weighted by Crippen LogP contribution is -1.95. The van der Waals surface area contributed by atoms with Crippen LogP contribution in [0.3, 0.4) is 0 Å². The molecule has 0 N–H and O–H groups in total. The van der Waals surface area contributed by atoms with Crippen molar-refractivity contribution < 1.29 is 0 Å². The van der Waals surface area contributed by atoms with E-state index >= 15 is 0 Å². The second kappa shape index (κ2) is 5.06. The van der Waals surface area contributed by atoms with Crippen LogP contribution in [0, 0.1) is 18.3 Å². The maximum absolute atomic E-state index is 9.07. The zero-order valence-corrected chi connectivity index (χ0v) is 12.4. The van der Waals surface area contributed by atoms with Crippen LogP contribution in [-0.4, -0.2) is 14.4 Å². The van der Waals surface area contributed by atoms with Crippen LogP contribution in [0.2, 0.25) is 0 Å². The summed E-state index contributed by atoms with van der Waals surface area (Å²) in [5.41, 5.74) is 4.36. The number of nitrogens with zero attached hydrogens (tertiary/aromatic N) is 4. The van der Waals surface area contributed by atoms with E-state index in [1.165, 1.54) is 0 Å². The Bertz CT molecular complexity index is 815. The predicted octanol–water partition coefficient (Wildman–Crippen LogP) is 3.53. The number of halogens is 1. The molecule has 0 bridgehead atoms. The summed E-state index contributed by atoms with van der Waals surface area (Å²) < 4.78 is 2.94. The topological polar surface area (TPSA) is 54.0 Å². The Kier molecular flexibility index (Phi) is 3.25. The first-order valence-corrected chi connectivity index (χ1v) is 6.95. The molecule has 0 aliphatic carbocycles. The molecule has 0 spiro atoms. The van der Waals surface area contributed by atoms with E-state index in [-0.39, 0.29) is 0 Å². The van der Waals surface area contributed by atoms with Crippen molar-refractivity contribution in [3.63, 3.8) is 0 Å². The number of fused-ring (bicyclic) bond motifs is 1. The summed E-state index contributed by atoms with van der Waals surface area (Å²) in [4.78, 5) is 8.97. The molecule has 0 aliphatic rings. The molecule has 0 amide bonds. The molecule has 0 saturated heterocycles. The van der Waals surface area contributed by atoms with Gasteiger partial charge in [-0.2, -0.15) is 5.26 Å². The first kappa shape index (κ1) is 12.8. The van der Waals surface area contributed by atoms with Crippen molar-refractivity contribution in [2.45, 2.75) is 13.3 Å². The molecule has 3 rings (SSSR count). The van der Waals surface area contributed by atoms with Crippen LogP contribution >= 0.6 is 15.9 Å². The molecular formula is C15H11BrN4. The zero-order chi connectivity index (χ0) is 14.1. The number of imidazole rings is 1. The molecule has 0 aliphatic heterocycles. The SMILES string of the molecule is Cc1cc2nc(-c3ccccn3)c(CC#N)n2cc1Br. The Morgan fingerprint density at radius 1 is 1.40 bits per heavy atom. The van der Waals surface area contributed by atoms with Crippen molar-refractivity contribution in [1.29, 1.82) is 5.26 Å². The third kappa shape index (κ3) is 2.08. The van der Waals surface area contributed by atoms with E-state index in [0.29, 0.717) is 6.42 Å². The van der Waals surface area contributed by atoms with Gasteiger partial charge in [-0.1, -0.05) is 6.07 Å². The van der Waals surface area contributed by atoms with E-state index in [1.54, 1.807) is 6.20 Å². The Hall–Kier alpha value is -2.19. The molecule has 20 heavy (non-hydrogen) atoms. The Morgan fingerprint density at radius 2 is 2.25 bits per heavy atom.